The van der Waals surface area contributed by atoms with Gasteiger partial charge in [0.15, 0.2) is 0 Å². The number of rotatable bonds is 1. The van der Waals surface area contributed by atoms with Gasteiger partial charge in [0.1, 0.15) is 17.0 Å². The molecule has 0 saturated carbocycles. The molecule has 0 aliphatic carbocycles. The summed E-state index contributed by atoms with van der Waals surface area (Å²) in [5.41, 5.74) is 9.30. The molecular formula is C12H9BrN4. The first-order valence-corrected chi connectivity index (χ1v) is 5.89. The van der Waals surface area contributed by atoms with Gasteiger partial charge in [0.25, 0.3) is 0 Å². The number of nitrogens with two attached hydrogens (primary N) is 1. The summed E-state index contributed by atoms with van der Waals surface area (Å²) < 4.78 is 1.00. The molecule has 0 spiro atoms. The molecule has 84 valence electrons. The Morgan fingerprint density at radius 3 is 2.94 bits per heavy atom. The minimum atomic E-state index is 0.483. The number of nitrogen functional groups attached to an aromatic ring is 1. The maximum absolute atomic E-state index is 5.79. The minimum Gasteiger partial charge on any atom is -0.384 e. The van der Waals surface area contributed by atoms with Gasteiger partial charge in [0.2, 0.25) is 0 Å². The van der Waals surface area contributed by atoms with Gasteiger partial charge in [-0.25, -0.2) is 9.97 Å². The number of halogens is 1. The van der Waals surface area contributed by atoms with E-state index >= 15 is 0 Å². The molecule has 0 radical (unpaired) electrons. The monoisotopic (exact) mass is 288 g/mol. The summed E-state index contributed by atoms with van der Waals surface area (Å²) in [6, 6.07) is 9.70. The van der Waals surface area contributed by atoms with Crippen molar-refractivity contribution in [2.24, 2.45) is 0 Å². The van der Waals surface area contributed by atoms with Gasteiger partial charge in [-0.2, -0.15) is 0 Å². The van der Waals surface area contributed by atoms with Gasteiger partial charge >= 0.3 is 0 Å². The highest BCUT2D eigenvalue weighted by molar-refractivity contribution is 9.10. The molecule has 0 saturated heterocycles. The topological polar surface area (TPSA) is 67.6 Å². The van der Waals surface area contributed by atoms with Gasteiger partial charge in [0, 0.05) is 16.1 Å². The number of nitrogens with zero attached hydrogens (tertiary/aromatic N) is 2. The zero-order valence-electron chi connectivity index (χ0n) is 8.81. The fourth-order valence-electron chi connectivity index (χ4n) is 1.80. The van der Waals surface area contributed by atoms with Gasteiger partial charge in [-0.3, -0.25) is 0 Å². The summed E-state index contributed by atoms with van der Waals surface area (Å²) >= 11 is 3.45. The van der Waals surface area contributed by atoms with Crippen LogP contribution in [0.15, 0.2) is 41.1 Å². The van der Waals surface area contributed by atoms with Crippen molar-refractivity contribution in [3.05, 3.63) is 41.1 Å². The highest BCUT2D eigenvalue weighted by Gasteiger charge is 2.09. The summed E-state index contributed by atoms with van der Waals surface area (Å²) in [6.07, 6.45) is 1.65. The quantitative estimate of drug-likeness (QED) is 0.723. The minimum absolute atomic E-state index is 0.483. The number of fused-ring (bicyclic) bond motifs is 1. The van der Waals surface area contributed by atoms with Crippen LogP contribution < -0.4 is 5.73 Å². The largest absolute Gasteiger partial charge is 0.384 e. The van der Waals surface area contributed by atoms with Crippen LogP contribution in [0, 0.1) is 0 Å². The van der Waals surface area contributed by atoms with E-state index in [1.165, 1.54) is 0 Å². The van der Waals surface area contributed by atoms with Crippen LogP contribution in [-0.4, -0.2) is 15.0 Å². The third-order valence-electron chi connectivity index (χ3n) is 2.52. The van der Waals surface area contributed by atoms with Crippen LogP contribution in [-0.2, 0) is 0 Å². The lowest BCUT2D eigenvalue weighted by atomic mass is 10.1. The van der Waals surface area contributed by atoms with E-state index in [0.29, 0.717) is 5.82 Å². The Morgan fingerprint density at radius 2 is 2.12 bits per heavy atom. The Balaban J connectivity index is 2.32. The number of aromatic nitrogens is 3. The van der Waals surface area contributed by atoms with Gasteiger partial charge in [-0.15, -0.1) is 0 Å². The highest BCUT2D eigenvalue weighted by Crippen LogP contribution is 2.27. The first kappa shape index (κ1) is 10.3. The Labute approximate surface area is 106 Å². The summed E-state index contributed by atoms with van der Waals surface area (Å²) in [6.45, 7) is 0. The number of aromatic amines is 1. The van der Waals surface area contributed by atoms with Crippen LogP contribution in [0.25, 0.3) is 22.3 Å². The number of nitrogens with one attached hydrogen (secondary N) is 1. The predicted octanol–water partition coefficient (Wildman–Crippen LogP) is 2.97. The molecule has 17 heavy (non-hydrogen) atoms. The van der Waals surface area contributed by atoms with Crippen LogP contribution in [0.4, 0.5) is 5.82 Å². The predicted molar refractivity (Wildman–Crippen MR) is 71.4 cm³/mol. The maximum Gasteiger partial charge on any atom is 0.126 e. The van der Waals surface area contributed by atoms with Crippen LogP contribution in [0.1, 0.15) is 0 Å². The lowest BCUT2D eigenvalue weighted by Gasteiger charge is -2.04. The van der Waals surface area contributed by atoms with Crippen molar-refractivity contribution in [1.82, 2.24) is 15.0 Å². The molecule has 1 aromatic carbocycles. The summed E-state index contributed by atoms with van der Waals surface area (Å²) in [5.74, 6) is 0.483. The van der Waals surface area contributed by atoms with Gasteiger partial charge in [-0.1, -0.05) is 28.1 Å². The number of H-pyrrole nitrogens is 1. The average molecular weight is 289 g/mol. The summed E-state index contributed by atoms with van der Waals surface area (Å²) in [4.78, 5) is 11.7. The molecule has 2 aromatic heterocycles. The zero-order chi connectivity index (χ0) is 11.8. The lowest BCUT2D eigenvalue weighted by Crippen LogP contribution is -1.93. The standard InChI is InChI=1S/C12H9BrN4/c13-8-3-1-2-7(4-8)11-12-9(15-6-16-12)5-10(14)17-11/h1-6H,(H2,14,17)(H,15,16). The molecule has 4 nitrogen and oxygen atoms in total. The van der Waals surface area contributed by atoms with Crippen LogP contribution in [0.2, 0.25) is 0 Å². The second-order valence-electron chi connectivity index (χ2n) is 3.70. The molecule has 3 rings (SSSR count). The van der Waals surface area contributed by atoms with E-state index in [9.17, 15) is 0 Å². The fraction of sp³-hybridized carbons (Fsp3) is 0. The number of anilines is 1. The van der Waals surface area contributed by atoms with Crippen LogP contribution in [0.5, 0.6) is 0 Å². The molecule has 0 aliphatic rings. The van der Waals surface area contributed by atoms with Crippen molar-refractivity contribution in [3.8, 4) is 11.3 Å². The van der Waals surface area contributed by atoms with Crippen molar-refractivity contribution >= 4 is 32.8 Å². The molecule has 0 amide bonds. The zero-order valence-corrected chi connectivity index (χ0v) is 10.4. The van der Waals surface area contributed by atoms with Gasteiger partial charge in [0.05, 0.1) is 11.8 Å². The normalized spacial score (nSPS) is 10.9. The van der Waals surface area contributed by atoms with E-state index in [0.717, 1.165) is 26.8 Å². The average Bonchev–Trinajstić information content (AvgIpc) is 2.75. The van der Waals surface area contributed by atoms with Crippen LogP contribution >= 0.6 is 15.9 Å². The molecule has 0 aliphatic heterocycles. The van der Waals surface area contributed by atoms with Crippen molar-refractivity contribution in [3.63, 3.8) is 0 Å². The number of hydrogen-bond donors (Lipinski definition) is 2. The molecule has 5 heteroatoms. The fourth-order valence-corrected chi connectivity index (χ4v) is 2.20. The van der Waals surface area contributed by atoms with Crippen molar-refractivity contribution in [2.75, 3.05) is 5.73 Å². The van der Waals surface area contributed by atoms with Gasteiger partial charge in [-0.05, 0) is 12.1 Å². The molecule has 2 heterocycles. The first-order valence-electron chi connectivity index (χ1n) is 5.09. The van der Waals surface area contributed by atoms with E-state index in [4.69, 9.17) is 5.73 Å². The van der Waals surface area contributed by atoms with E-state index in [1.54, 1.807) is 12.4 Å². The second-order valence-corrected chi connectivity index (χ2v) is 4.62. The molecule has 0 fully saturated rings. The third-order valence-corrected chi connectivity index (χ3v) is 3.02. The molecule has 0 atom stereocenters. The lowest BCUT2D eigenvalue weighted by molar-refractivity contribution is 1.33. The smallest absolute Gasteiger partial charge is 0.126 e. The number of benzene rings is 1. The molecular weight excluding hydrogens is 280 g/mol. The van der Waals surface area contributed by atoms with E-state index in [1.807, 2.05) is 24.3 Å². The van der Waals surface area contributed by atoms with Crippen molar-refractivity contribution < 1.29 is 0 Å². The van der Waals surface area contributed by atoms with E-state index < -0.39 is 0 Å². The third kappa shape index (κ3) is 1.78. The summed E-state index contributed by atoms with van der Waals surface area (Å²) in [7, 11) is 0. The van der Waals surface area contributed by atoms with E-state index in [-0.39, 0.29) is 0 Å². The number of pyridine rings is 1. The Bertz CT molecular complexity index is 690. The van der Waals surface area contributed by atoms with Crippen molar-refractivity contribution in [2.45, 2.75) is 0 Å². The van der Waals surface area contributed by atoms with E-state index in [2.05, 4.69) is 30.9 Å². The Kier molecular flexibility index (Phi) is 2.33. The summed E-state index contributed by atoms with van der Waals surface area (Å²) in [5, 5.41) is 0. The molecule has 0 unspecified atom stereocenters. The first-order chi connectivity index (χ1) is 8.24. The second kappa shape index (κ2) is 3.85. The Morgan fingerprint density at radius 1 is 1.24 bits per heavy atom. The number of hydrogen-bond acceptors (Lipinski definition) is 3. The molecule has 3 aromatic rings. The molecule has 3 N–H and O–H groups in total. The highest BCUT2D eigenvalue weighted by atomic mass is 79.9. The van der Waals surface area contributed by atoms with Gasteiger partial charge < -0.3 is 10.7 Å². The molecule has 0 bridgehead atoms. The SMILES string of the molecule is Nc1cc2[nH]cnc2c(-c2cccc(Br)c2)n1. The number of imidazole rings is 1. The Hall–Kier alpha value is -1.88. The van der Waals surface area contributed by atoms with Crippen LogP contribution in [0.3, 0.4) is 0 Å². The van der Waals surface area contributed by atoms with Crippen molar-refractivity contribution in [1.29, 1.82) is 0 Å². The maximum atomic E-state index is 5.79.